The predicted octanol–water partition coefficient (Wildman–Crippen LogP) is 4.28. The number of rotatable bonds is 7. The Labute approximate surface area is 187 Å². The van der Waals surface area contributed by atoms with Gasteiger partial charge in [-0.05, 0) is 42.8 Å². The van der Waals surface area contributed by atoms with Crippen molar-refractivity contribution >= 4 is 35.3 Å². The standard InChI is InChI=1S/C21H21F3N6OS/c1-14-27-28-20(30(14)25-12-15-7-9-18(10-8-15)29(2)3)32-13-19(31)26-17-6-4-5-16(11-17)21(22,23)24/h4-12H,13H2,1-3H3,(H,26,31)/b25-12+. The lowest BCUT2D eigenvalue weighted by atomic mass is 10.2. The van der Waals surface area contributed by atoms with Gasteiger partial charge in [0.25, 0.3) is 0 Å². The minimum atomic E-state index is -4.48. The Hall–Kier alpha value is -3.34. The molecule has 0 saturated heterocycles. The third-order valence-corrected chi connectivity index (χ3v) is 5.23. The number of anilines is 2. The molecular weight excluding hydrogens is 441 g/mol. The third kappa shape index (κ3) is 6.10. The molecule has 0 aliphatic carbocycles. The molecule has 1 heterocycles. The smallest absolute Gasteiger partial charge is 0.378 e. The fourth-order valence-electron chi connectivity index (χ4n) is 2.64. The molecule has 3 rings (SSSR count). The molecule has 1 aromatic heterocycles. The van der Waals surface area contributed by atoms with Crippen LogP contribution in [0.1, 0.15) is 17.0 Å². The van der Waals surface area contributed by atoms with E-state index in [1.807, 2.05) is 43.3 Å². The summed E-state index contributed by atoms with van der Waals surface area (Å²) in [7, 11) is 3.91. The number of thioether (sulfide) groups is 1. The van der Waals surface area contributed by atoms with Crippen LogP contribution in [0.5, 0.6) is 0 Å². The number of benzene rings is 2. The second-order valence-electron chi connectivity index (χ2n) is 6.99. The summed E-state index contributed by atoms with van der Waals surface area (Å²) in [5.74, 6) is -0.00161. The number of hydrogen-bond donors (Lipinski definition) is 1. The van der Waals surface area contributed by atoms with Crippen molar-refractivity contribution in [3.63, 3.8) is 0 Å². The molecule has 168 valence electrons. The Kier molecular flexibility index (Phi) is 7.18. The van der Waals surface area contributed by atoms with Crippen LogP contribution in [0.4, 0.5) is 24.5 Å². The van der Waals surface area contributed by atoms with E-state index in [0.29, 0.717) is 11.0 Å². The zero-order valence-corrected chi connectivity index (χ0v) is 18.4. The lowest BCUT2D eigenvalue weighted by Gasteiger charge is -2.11. The van der Waals surface area contributed by atoms with Crippen LogP contribution in [0.25, 0.3) is 0 Å². The molecule has 2 aromatic carbocycles. The highest BCUT2D eigenvalue weighted by atomic mass is 32.2. The molecule has 0 spiro atoms. The van der Waals surface area contributed by atoms with Gasteiger partial charge in [-0.3, -0.25) is 4.79 Å². The number of nitrogens with zero attached hydrogens (tertiary/aromatic N) is 5. The number of aromatic nitrogens is 3. The first-order valence-corrected chi connectivity index (χ1v) is 10.5. The van der Waals surface area contributed by atoms with Crippen molar-refractivity contribution in [2.45, 2.75) is 18.3 Å². The van der Waals surface area contributed by atoms with E-state index in [1.165, 1.54) is 16.8 Å². The van der Waals surface area contributed by atoms with Crippen LogP contribution >= 0.6 is 11.8 Å². The molecule has 0 unspecified atom stereocenters. The summed E-state index contributed by atoms with van der Waals surface area (Å²) in [5, 5.41) is 15.2. The summed E-state index contributed by atoms with van der Waals surface area (Å²) in [6.07, 6.45) is -2.82. The van der Waals surface area contributed by atoms with Gasteiger partial charge in [0.15, 0.2) is 5.82 Å². The Morgan fingerprint density at radius 1 is 1.19 bits per heavy atom. The lowest BCUT2D eigenvalue weighted by Crippen LogP contribution is -2.15. The van der Waals surface area contributed by atoms with Crippen molar-refractivity contribution in [3.8, 4) is 0 Å². The van der Waals surface area contributed by atoms with Crippen LogP contribution in [-0.4, -0.2) is 46.8 Å². The van der Waals surface area contributed by atoms with Gasteiger partial charge < -0.3 is 10.2 Å². The van der Waals surface area contributed by atoms with Crippen LogP contribution in [-0.2, 0) is 11.0 Å². The zero-order valence-electron chi connectivity index (χ0n) is 17.6. The minimum absolute atomic E-state index is 0.0680. The van der Waals surface area contributed by atoms with E-state index in [2.05, 4.69) is 20.6 Å². The molecule has 0 aliphatic heterocycles. The SMILES string of the molecule is Cc1nnc(SCC(=O)Nc2cccc(C(F)(F)F)c2)n1/N=C/c1ccc(N(C)C)cc1. The highest BCUT2D eigenvalue weighted by Crippen LogP contribution is 2.30. The van der Waals surface area contributed by atoms with E-state index in [-0.39, 0.29) is 11.4 Å². The molecule has 0 saturated carbocycles. The van der Waals surface area contributed by atoms with E-state index in [9.17, 15) is 18.0 Å². The Bertz CT molecular complexity index is 1110. The summed E-state index contributed by atoms with van der Waals surface area (Å²) in [6, 6.07) is 12.3. The number of carbonyl (C=O) groups is 1. The highest BCUT2D eigenvalue weighted by Gasteiger charge is 2.30. The number of carbonyl (C=O) groups excluding carboxylic acids is 1. The maximum atomic E-state index is 12.8. The van der Waals surface area contributed by atoms with Crippen LogP contribution in [0, 0.1) is 6.92 Å². The fourth-order valence-corrected chi connectivity index (χ4v) is 3.38. The van der Waals surface area contributed by atoms with Gasteiger partial charge in [-0.15, -0.1) is 10.2 Å². The second-order valence-corrected chi connectivity index (χ2v) is 7.93. The van der Waals surface area contributed by atoms with Gasteiger partial charge in [-0.1, -0.05) is 30.0 Å². The summed E-state index contributed by atoms with van der Waals surface area (Å²) in [5.41, 5.74) is 1.18. The highest BCUT2D eigenvalue weighted by molar-refractivity contribution is 7.99. The molecule has 1 amide bonds. The molecule has 0 aliphatic rings. The third-order valence-electron chi connectivity index (χ3n) is 4.31. The molecule has 0 radical (unpaired) electrons. The minimum Gasteiger partial charge on any atom is -0.378 e. The predicted molar refractivity (Wildman–Crippen MR) is 119 cm³/mol. The van der Waals surface area contributed by atoms with Gasteiger partial charge in [-0.25, -0.2) is 0 Å². The molecule has 32 heavy (non-hydrogen) atoms. The zero-order chi connectivity index (χ0) is 23.3. The van der Waals surface area contributed by atoms with Crippen molar-refractivity contribution in [2.24, 2.45) is 5.10 Å². The Morgan fingerprint density at radius 3 is 2.56 bits per heavy atom. The quantitative estimate of drug-likeness (QED) is 0.419. The first-order valence-electron chi connectivity index (χ1n) is 9.47. The monoisotopic (exact) mass is 462 g/mol. The lowest BCUT2D eigenvalue weighted by molar-refractivity contribution is -0.137. The second kappa shape index (κ2) is 9.86. The number of halogens is 3. The van der Waals surface area contributed by atoms with Crippen LogP contribution in [0.3, 0.4) is 0 Å². The van der Waals surface area contributed by atoms with Crippen LogP contribution < -0.4 is 10.2 Å². The Balaban J connectivity index is 1.63. The largest absolute Gasteiger partial charge is 0.416 e. The van der Waals surface area contributed by atoms with E-state index in [0.717, 1.165) is 35.1 Å². The van der Waals surface area contributed by atoms with Gasteiger partial charge in [0.1, 0.15) is 0 Å². The maximum absolute atomic E-state index is 12.8. The van der Waals surface area contributed by atoms with Crippen molar-refractivity contribution < 1.29 is 18.0 Å². The van der Waals surface area contributed by atoms with E-state index < -0.39 is 17.6 Å². The number of nitrogens with one attached hydrogen (secondary N) is 1. The number of amides is 1. The average molecular weight is 463 g/mol. The summed E-state index contributed by atoms with van der Waals surface area (Å²) < 4.78 is 40.0. The van der Waals surface area contributed by atoms with Gasteiger partial charge in [0.05, 0.1) is 17.5 Å². The number of hydrogen-bond acceptors (Lipinski definition) is 6. The fraction of sp³-hybridized carbons (Fsp3) is 0.238. The molecule has 7 nitrogen and oxygen atoms in total. The van der Waals surface area contributed by atoms with E-state index >= 15 is 0 Å². The van der Waals surface area contributed by atoms with E-state index in [1.54, 1.807) is 13.1 Å². The van der Waals surface area contributed by atoms with Crippen molar-refractivity contribution in [1.29, 1.82) is 0 Å². The molecular formula is C21H21F3N6OS. The molecule has 1 N–H and O–H groups in total. The molecule has 11 heteroatoms. The molecule has 3 aromatic rings. The van der Waals surface area contributed by atoms with Gasteiger partial charge >= 0.3 is 6.18 Å². The molecule has 0 fully saturated rings. The van der Waals surface area contributed by atoms with Crippen molar-refractivity contribution in [2.75, 3.05) is 30.1 Å². The topological polar surface area (TPSA) is 75.4 Å². The maximum Gasteiger partial charge on any atom is 0.416 e. The molecule has 0 atom stereocenters. The van der Waals surface area contributed by atoms with Gasteiger partial charge in [0.2, 0.25) is 11.1 Å². The summed E-state index contributed by atoms with van der Waals surface area (Å²) in [4.78, 5) is 14.2. The van der Waals surface area contributed by atoms with E-state index in [4.69, 9.17) is 0 Å². The Morgan fingerprint density at radius 2 is 1.91 bits per heavy atom. The van der Waals surface area contributed by atoms with Gasteiger partial charge in [-0.2, -0.15) is 22.9 Å². The number of aryl methyl sites for hydroxylation is 1. The number of alkyl halides is 3. The van der Waals surface area contributed by atoms with Crippen LogP contribution in [0.15, 0.2) is 58.8 Å². The van der Waals surface area contributed by atoms with Crippen molar-refractivity contribution in [3.05, 3.63) is 65.5 Å². The summed E-state index contributed by atoms with van der Waals surface area (Å²) >= 11 is 1.08. The normalized spacial score (nSPS) is 11.7. The average Bonchev–Trinajstić information content (AvgIpc) is 3.10. The molecule has 0 bridgehead atoms. The van der Waals surface area contributed by atoms with Gasteiger partial charge in [0, 0.05) is 25.5 Å². The first-order chi connectivity index (χ1) is 15.1. The van der Waals surface area contributed by atoms with Crippen LogP contribution in [0.2, 0.25) is 0 Å². The first kappa shape index (κ1) is 23.3. The van der Waals surface area contributed by atoms with Crippen molar-refractivity contribution in [1.82, 2.24) is 14.9 Å². The summed E-state index contributed by atoms with van der Waals surface area (Å²) in [6.45, 7) is 1.73.